The van der Waals surface area contributed by atoms with Crippen LogP contribution in [0, 0.1) is 0 Å². The Balaban J connectivity index is 2.04. The molecule has 110 valence electrons. The largest absolute Gasteiger partial charge is 0.335 e. The molecule has 1 saturated heterocycles. The van der Waals surface area contributed by atoms with E-state index in [0.717, 1.165) is 34.8 Å². The van der Waals surface area contributed by atoms with Gasteiger partial charge in [0.05, 0.1) is 10.5 Å². The highest BCUT2D eigenvalue weighted by Gasteiger charge is 2.25. The van der Waals surface area contributed by atoms with Crippen LogP contribution in [-0.4, -0.2) is 28.4 Å². The summed E-state index contributed by atoms with van der Waals surface area (Å²) in [5.41, 5.74) is 1.16. The summed E-state index contributed by atoms with van der Waals surface area (Å²) in [6.45, 7) is 2.89. The summed E-state index contributed by atoms with van der Waals surface area (Å²) >= 11 is 9.80. The molecule has 21 heavy (non-hydrogen) atoms. The number of fused-ring (bicyclic) bond motifs is 1. The van der Waals surface area contributed by atoms with E-state index in [4.69, 9.17) is 11.6 Å². The lowest BCUT2D eigenvalue weighted by molar-refractivity contribution is 0.0630. The number of amides is 1. The van der Waals surface area contributed by atoms with Crippen molar-refractivity contribution in [3.05, 3.63) is 39.5 Å². The molecule has 0 aliphatic carbocycles. The molecule has 0 spiro atoms. The highest BCUT2D eigenvalue weighted by atomic mass is 79.9. The molecule has 0 saturated carbocycles. The van der Waals surface area contributed by atoms with E-state index >= 15 is 0 Å². The lowest BCUT2D eigenvalue weighted by atomic mass is 10.0. The lowest BCUT2D eigenvalue weighted by Gasteiger charge is -2.33. The highest BCUT2D eigenvalue weighted by Crippen LogP contribution is 2.29. The maximum Gasteiger partial charge on any atom is 0.272 e. The first kappa shape index (κ1) is 14.8. The monoisotopic (exact) mass is 366 g/mol. The van der Waals surface area contributed by atoms with Crippen LogP contribution in [0.1, 0.15) is 36.7 Å². The Bertz CT molecular complexity index is 704. The average Bonchev–Trinajstić information content (AvgIpc) is 2.48. The van der Waals surface area contributed by atoms with Crippen LogP contribution < -0.4 is 0 Å². The number of para-hydroxylation sites is 1. The first-order valence-corrected chi connectivity index (χ1v) is 8.31. The number of carbonyl (C=O) groups is 1. The normalized spacial score (nSPS) is 19.0. The van der Waals surface area contributed by atoms with Crippen LogP contribution in [0.4, 0.5) is 0 Å². The number of halogens is 2. The standard InChI is InChI=1S/C16H16BrClN2O/c1-10-5-2-3-8-20(10)16(21)14-9-13(18)11-6-4-7-12(17)15(11)19-14/h4,6-7,9-10H,2-3,5,8H2,1H3/t10-/m1/s1. The second-order valence-corrected chi connectivity index (χ2v) is 6.73. The van der Waals surface area contributed by atoms with Crippen LogP contribution >= 0.6 is 27.5 Å². The number of rotatable bonds is 1. The van der Waals surface area contributed by atoms with Crippen molar-refractivity contribution in [2.75, 3.05) is 6.54 Å². The van der Waals surface area contributed by atoms with Gasteiger partial charge in [-0.25, -0.2) is 4.98 Å². The zero-order chi connectivity index (χ0) is 15.0. The predicted molar refractivity (Wildman–Crippen MR) is 88.8 cm³/mol. The number of hydrogen-bond donors (Lipinski definition) is 0. The quantitative estimate of drug-likeness (QED) is 0.734. The number of aromatic nitrogens is 1. The van der Waals surface area contributed by atoms with Gasteiger partial charge >= 0.3 is 0 Å². The molecule has 1 aliphatic rings. The Morgan fingerprint density at radius 1 is 1.43 bits per heavy atom. The van der Waals surface area contributed by atoms with E-state index < -0.39 is 0 Å². The summed E-state index contributed by atoms with van der Waals surface area (Å²) in [5.74, 6) is -0.0262. The number of benzene rings is 1. The number of hydrogen-bond acceptors (Lipinski definition) is 2. The molecule has 1 aliphatic heterocycles. The summed E-state index contributed by atoms with van der Waals surface area (Å²) < 4.78 is 0.850. The average molecular weight is 368 g/mol. The van der Waals surface area contributed by atoms with Gasteiger partial charge in [0, 0.05) is 22.4 Å². The van der Waals surface area contributed by atoms with Crippen molar-refractivity contribution in [1.82, 2.24) is 9.88 Å². The predicted octanol–water partition coefficient (Wildman–Crippen LogP) is 4.67. The fourth-order valence-electron chi connectivity index (χ4n) is 2.83. The molecule has 0 N–H and O–H groups in total. The maximum atomic E-state index is 12.7. The van der Waals surface area contributed by atoms with E-state index in [1.807, 2.05) is 23.1 Å². The van der Waals surface area contributed by atoms with Gasteiger partial charge in [0.15, 0.2) is 0 Å². The van der Waals surface area contributed by atoms with Crippen molar-refractivity contribution >= 4 is 44.3 Å². The van der Waals surface area contributed by atoms with Gasteiger partial charge in [-0.15, -0.1) is 0 Å². The van der Waals surface area contributed by atoms with E-state index in [2.05, 4.69) is 27.8 Å². The van der Waals surface area contributed by atoms with E-state index in [0.29, 0.717) is 10.7 Å². The Kier molecular flexibility index (Phi) is 4.18. The molecule has 2 aromatic rings. The molecule has 2 heterocycles. The van der Waals surface area contributed by atoms with Gasteiger partial charge < -0.3 is 4.90 Å². The Labute approximate surface area is 137 Å². The first-order chi connectivity index (χ1) is 10.1. The Hall–Kier alpha value is -1.13. The molecule has 1 atom stereocenters. The second-order valence-electron chi connectivity index (χ2n) is 5.47. The Morgan fingerprint density at radius 2 is 2.24 bits per heavy atom. The van der Waals surface area contributed by atoms with Crippen LogP contribution in [0.25, 0.3) is 10.9 Å². The number of piperidine rings is 1. The van der Waals surface area contributed by atoms with Crippen LogP contribution in [0.15, 0.2) is 28.7 Å². The maximum absolute atomic E-state index is 12.7. The van der Waals surface area contributed by atoms with Crippen LogP contribution in [-0.2, 0) is 0 Å². The third-order valence-electron chi connectivity index (χ3n) is 4.02. The van der Waals surface area contributed by atoms with E-state index in [1.54, 1.807) is 6.07 Å². The van der Waals surface area contributed by atoms with Crippen molar-refractivity contribution in [2.24, 2.45) is 0 Å². The van der Waals surface area contributed by atoms with Crippen molar-refractivity contribution in [2.45, 2.75) is 32.2 Å². The molecule has 0 radical (unpaired) electrons. The zero-order valence-corrected chi connectivity index (χ0v) is 14.1. The summed E-state index contributed by atoms with van der Waals surface area (Å²) in [6, 6.07) is 7.67. The number of pyridine rings is 1. The van der Waals surface area contributed by atoms with Crippen LogP contribution in [0.5, 0.6) is 0 Å². The fraction of sp³-hybridized carbons (Fsp3) is 0.375. The summed E-state index contributed by atoms with van der Waals surface area (Å²) in [7, 11) is 0. The SMILES string of the molecule is C[C@@H]1CCCCN1C(=O)c1cc(Cl)c2cccc(Br)c2n1. The van der Waals surface area contributed by atoms with Gasteiger partial charge in [0.25, 0.3) is 5.91 Å². The molecule has 3 nitrogen and oxygen atoms in total. The molecule has 1 fully saturated rings. The van der Waals surface area contributed by atoms with Crippen molar-refractivity contribution < 1.29 is 4.79 Å². The number of likely N-dealkylation sites (tertiary alicyclic amines) is 1. The lowest BCUT2D eigenvalue weighted by Crippen LogP contribution is -2.42. The molecule has 1 amide bonds. The molecular formula is C16H16BrClN2O. The third kappa shape index (κ3) is 2.79. The molecule has 3 rings (SSSR count). The minimum Gasteiger partial charge on any atom is -0.335 e. The van der Waals surface area contributed by atoms with E-state index in [-0.39, 0.29) is 11.9 Å². The minimum atomic E-state index is -0.0262. The molecule has 0 bridgehead atoms. The van der Waals surface area contributed by atoms with Crippen LogP contribution in [0.3, 0.4) is 0 Å². The molecule has 0 unspecified atom stereocenters. The highest BCUT2D eigenvalue weighted by molar-refractivity contribution is 9.10. The molecule has 5 heteroatoms. The van der Waals surface area contributed by atoms with Crippen molar-refractivity contribution in [3.8, 4) is 0 Å². The zero-order valence-electron chi connectivity index (χ0n) is 11.8. The van der Waals surface area contributed by atoms with E-state index in [9.17, 15) is 4.79 Å². The molecular weight excluding hydrogens is 352 g/mol. The number of carbonyl (C=O) groups excluding carboxylic acids is 1. The van der Waals surface area contributed by atoms with Gasteiger partial charge in [0.2, 0.25) is 0 Å². The second kappa shape index (κ2) is 5.93. The van der Waals surface area contributed by atoms with Gasteiger partial charge in [-0.05, 0) is 54.2 Å². The first-order valence-electron chi connectivity index (χ1n) is 7.13. The van der Waals surface area contributed by atoms with Crippen molar-refractivity contribution in [1.29, 1.82) is 0 Å². The molecule has 1 aromatic heterocycles. The summed E-state index contributed by atoms with van der Waals surface area (Å²) in [4.78, 5) is 19.1. The smallest absolute Gasteiger partial charge is 0.272 e. The van der Waals surface area contributed by atoms with Crippen molar-refractivity contribution in [3.63, 3.8) is 0 Å². The van der Waals surface area contributed by atoms with Gasteiger partial charge in [-0.2, -0.15) is 0 Å². The Morgan fingerprint density at radius 3 is 3.00 bits per heavy atom. The van der Waals surface area contributed by atoms with Gasteiger partial charge in [0.1, 0.15) is 5.69 Å². The third-order valence-corrected chi connectivity index (χ3v) is 4.98. The summed E-state index contributed by atoms with van der Waals surface area (Å²) in [6.07, 6.45) is 3.29. The summed E-state index contributed by atoms with van der Waals surface area (Å²) in [5, 5.41) is 1.42. The topological polar surface area (TPSA) is 33.2 Å². The van der Waals surface area contributed by atoms with E-state index in [1.165, 1.54) is 6.42 Å². The fourth-order valence-corrected chi connectivity index (χ4v) is 3.54. The van der Waals surface area contributed by atoms with Gasteiger partial charge in [-0.1, -0.05) is 23.7 Å². The van der Waals surface area contributed by atoms with Crippen LogP contribution in [0.2, 0.25) is 5.02 Å². The molecule has 1 aromatic carbocycles. The number of nitrogens with zero attached hydrogens (tertiary/aromatic N) is 2. The minimum absolute atomic E-state index is 0.0262. The van der Waals surface area contributed by atoms with Gasteiger partial charge in [-0.3, -0.25) is 4.79 Å².